The predicted molar refractivity (Wildman–Crippen MR) is 117 cm³/mol. The van der Waals surface area contributed by atoms with Crippen molar-refractivity contribution in [3.05, 3.63) is 29.8 Å². The molecule has 0 aliphatic carbocycles. The fraction of sp³-hybridized carbons (Fsp3) is 0.619. The second-order valence-electron chi connectivity index (χ2n) is 8.08. The van der Waals surface area contributed by atoms with Gasteiger partial charge in [0.15, 0.2) is 0 Å². The Kier molecular flexibility index (Phi) is 9.26. The maximum absolute atomic E-state index is 12.3. The number of likely N-dealkylation sites (tertiary alicyclic amines) is 1. The molecular weight excluding hydrogens is 404 g/mol. The molecule has 0 spiro atoms. The number of amides is 2. The number of piperidine rings is 1. The zero-order chi connectivity index (χ0) is 22.1. The van der Waals surface area contributed by atoms with E-state index in [9.17, 15) is 18.0 Å². The molecule has 0 aromatic heterocycles. The summed E-state index contributed by atoms with van der Waals surface area (Å²) in [6, 6.07) is 5.77. The van der Waals surface area contributed by atoms with E-state index in [0.29, 0.717) is 6.54 Å². The molecule has 1 aromatic carbocycles. The Bertz CT molecular complexity index is 818. The van der Waals surface area contributed by atoms with Crippen LogP contribution in [0.15, 0.2) is 29.2 Å². The average Bonchev–Trinajstić information content (AvgIpc) is 2.73. The summed E-state index contributed by atoms with van der Waals surface area (Å²) in [5, 5.41) is 5.35. The lowest BCUT2D eigenvalue weighted by Crippen LogP contribution is -2.37. The second-order valence-corrected chi connectivity index (χ2v) is 10.2. The van der Waals surface area contributed by atoms with Gasteiger partial charge in [-0.25, -0.2) is 12.7 Å². The Hall–Kier alpha value is -1.97. The Labute approximate surface area is 180 Å². The van der Waals surface area contributed by atoms with Crippen LogP contribution in [0.3, 0.4) is 0 Å². The van der Waals surface area contributed by atoms with Gasteiger partial charge >= 0.3 is 0 Å². The van der Waals surface area contributed by atoms with Crippen molar-refractivity contribution in [1.82, 2.24) is 19.8 Å². The summed E-state index contributed by atoms with van der Waals surface area (Å²) in [5.41, 5.74) is 0.196. The molecule has 9 heteroatoms. The average molecular weight is 439 g/mol. The monoisotopic (exact) mass is 438 g/mol. The topological polar surface area (TPSA) is 98.8 Å². The number of nitrogens with zero attached hydrogens (tertiary/aromatic N) is 2. The molecule has 0 unspecified atom stereocenters. The maximum Gasteiger partial charge on any atom is 0.251 e. The number of carbonyl (C=O) groups excluding carboxylic acids is 2. The number of carbonyl (C=O) groups is 2. The third-order valence-electron chi connectivity index (χ3n) is 5.38. The molecule has 0 radical (unpaired) electrons. The Morgan fingerprint density at radius 1 is 1.13 bits per heavy atom. The molecule has 1 fully saturated rings. The largest absolute Gasteiger partial charge is 0.355 e. The highest BCUT2D eigenvalue weighted by Gasteiger charge is 2.19. The van der Waals surface area contributed by atoms with Gasteiger partial charge in [-0.1, -0.05) is 13.0 Å². The Morgan fingerprint density at radius 3 is 2.50 bits per heavy atom. The standard InChI is InChI=1S/C21H34N4O4S/c1-17-9-13-25(14-10-17)12-5-4-11-22-20(26)16-23-21(27)18-7-6-8-19(15-18)30(28,29)24(2)3/h6-8,15,17H,4-5,9-14,16H2,1-3H3,(H,22,26)(H,23,27). The molecular formula is C21H34N4O4S. The molecule has 8 nitrogen and oxygen atoms in total. The first kappa shape index (κ1) is 24.3. The molecule has 2 N–H and O–H groups in total. The lowest BCUT2D eigenvalue weighted by atomic mass is 9.99. The molecule has 1 heterocycles. The minimum atomic E-state index is -3.62. The molecule has 0 bridgehead atoms. The highest BCUT2D eigenvalue weighted by molar-refractivity contribution is 7.89. The van der Waals surface area contributed by atoms with Crippen molar-refractivity contribution in [3.63, 3.8) is 0 Å². The van der Waals surface area contributed by atoms with Gasteiger partial charge in [0, 0.05) is 26.2 Å². The van der Waals surface area contributed by atoms with Crippen LogP contribution in [0.5, 0.6) is 0 Å². The number of hydrogen-bond donors (Lipinski definition) is 2. The minimum absolute atomic E-state index is 0.0350. The van der Waals surface area contributed by atoms with Crippen molar-refractivity contribution in [3.8, 4) is 0 Å². The summed E-state index contributed by atoms with van der Waals surface area (Å²) < 4.78 is 25.5. The lowest BCUT2D eigenvalue weighted by Gasteiger charge is -2.30. The van der Waals surface area contributed by atoms with Crippen LogP contribution in [-0.2, 0) is 14.8 Å². The molecule has 2 amide bonds. The lowest BCUT2D eigenvalue weighted by molar-refractivity contribution is -0.120. The van der Waals surface area contributed by atoms with Gasteiger partial charge < -0.3 is 15.5 Å². The van der Waals surface area contributed by atoms with Crippen LogP contribution in [0.2, 0.25) is 0 Å². The summed E-state index contributed by atoms with van der Waals surface area (Å²) in [6.45, 7) is 6.12. The van der Waals surface area contributed by atoms with E-state index in [1.54, 1.807) is 0 Å². The van der Waals surface area contributed by atoms with Crippen molar-refractivity contribution < 1.29 is 18.0 Å². The van der Waals surface area contributed by atoms with E-state index in [4.69, 9.17) is 0 Å². The van der Waals surface area contributed by atoms with Crippen molar-refractivity contribution in [2.75, 3.05) is 46.8 Å². The zero-order valence-electron chi connectivity index (χ0n) is 18.2. The molecule has 1 saturated heterocycles. The summed E-state index contributed by atoms with van der Waals surface area (Å²) in [6.07, 6.45) is 4.46. The van der Waals surface area contributed by atoms with Gasteiger partial charge in [0.1, 0.15) is 0 Å². The van der Waals surface area contributed by atoms with Crippen molar-refractivity contribution in [1.29, 1.82) is 0 Å². The minimum Gasteiger partial charge on any atom is -0.355 e. The SMILES string of the molecule is CC1CCN(CCCCNC(=O)CNC(=O)c2cccc(S(=O)(=O)N(C)C)c2)CC1. The molecule has 1 aliphatic rings. The highest BCUT2D eigenvalue weighted by atomic mass is 32.2. The fourth-order valence-corrected chi connectivity index (χ4v) is 4.26. The van der Waals surface area contributed by atoms with Crippen LogP contribution in [0.4, 0.5) is 0 Å². The predicted octanol–water partition coefficient (Wildman–Crippen LogP) is 1.30. The van der Waals surface area contributed by atoms with Gasteiger partial charge in [0.2, 0.25) is 15.9 Å². The van der Waals surface area contributed by atoms with Gasteiger partial charge in [-0.05, 0) is 69.4 Å². The molecule has 0 saturated carbocycles. The van der Waals surface area contributed by atoms with E-state index in [0.717, 1.165) is 42.7 Å². The molecule has 1 aromatic rings. The van der Waals surface area contributed by atoms with E-state index in [2.05, 4.69) is 22.5 Å². The highest BCUT2D eigenvalue weighted by Crippen LogP contribution is 2.16. The number of hydrogen-bond acceptors (Lipinski definition) is 5. The third kappa shape index (κ3) is 7.37. The number of nitrogens with one attached hydrogen (secondary N) is 2. The normalized spacial score (nSPS) is 15.9. The van der Waals surface area contributed by atoms with Gasteiger partial charge in [-0.3, -0.25) is 9.59 Å². The summed E-state index contributed by atoms with van der Waals surface area (Å²) in [4.78, 5) is 26.7. The number of rotatable bonds is 10. The van der Waals surface area contributed by atoms with Crippen LogP contribution in [0, 0.1) is 5.92 Å². The molecule has 30 heavy (non-hydrogen) atoms. The van der Waals surface area contributed by atoms with Crippen LogP contribution >= 0.6 is 0 Å². The van der Waals surface area contributed by atoms with E-state index in [-0.39, 0.29) is 22.9 Å². The number of benzene rings is 1. The van der Waals surface area contributed by atoms with Crippen LogP contribution < -0.4 is 10.6 Å². The quantitative estimate of drug-likeness (QED) is 0.537. The van der Waals surface area contributed by atoms with Crippen LogP contribution in [0.1, 0.15) is 43.0 Å². The first-order chi connectivity index (χ1) is 14.2. The summed E-state index contributed by atoms with van der Waals surface area (Å²) in [7, 11) is -0.762. The van der Waals surface area contributed by atoms with Crippen molar-refractivity contribution in [2.45, 2.75) is 37.5 Å². The van der Waals surface area contributed by atoms with Gasteiger partial charge in [0.25, 0.3) is 5.91 Å². The smallest absolute Gasteiger partial charge is 0.251 e. The van der Waals surface area contributed by atoms with E-state index >= 15 is 0 Å². The van der Waals surface area contributed by atoms with Gasteiger partial charge in [-0.15, -0.1) is 0 Å². The zero-order valence-corrected chi connectivity index (χ0v) is 19.0. The second kappa shape index (κ2) is 11.4. The molecule has 0 atom stereocenters. The summed E-state index contributed by atoms with van der Waals surface area (Å²) >= 11 is 0. The summed E-state index contributed by atoms with van der Waals surface area (Å²) in [5.74, 6) is 0.0862. The maximum atomic E-state index is 12.3. The number of sulfonamides is 1. The first-order valence-electron chi connectivity index (χ1n) is 10.5. The van der Waals surface area contributed by atoms with Crippen LogP contribution in [-0.4, -0.2) is 76.3 Å². The van der Waals surface area contributed by atoms with Gasteiger partial charge in [0.05, 0.1) is 11.4 Å². The van der Waals surface area contributed by atoms with E-state index in [1.165, 1.54) is 51.2 Å². The first-order valence-corrected chi connectivity index (χ1v) is 11.9. The third-order valence-corrected chi connectivity index (χ3v) is 7.19. The Balaban J connectivity index is 1.68. The fourth-order valence-electron chi connectivity index (χ4n) is 3.31. The molecule has 2 rings (SSSR count). The molecule has 1 aliphatic heterocycles. The number of unbranched alkanes of at least 4 members (excludes halogenated alkanes) is 1. The van der Waals surface area contributed by atoms with Crippen molar-refractivity contribution in [2.24, 2.45) is 5.92 Å². The van der Waals surface area contributed by atoms with Crippen molar-refractivity contribution >= 4 is 21.8 Å². The van der Waals surface area contributed by atoms with Crippen LogP contribution in [0.25, 0.3) is 0 Å². The van der Waals surface area contributed by atoms with E-state index in [1.807, 2.05) is 0 Å². The Morgan fingerprint density at radius 2 is 1.83 bits per heavy atom. The van der Waals surface area contributed by atoms with E-state index < -0.39 is 15.9 Å². The van der Waals surface area contributed by atoms with Gasteiger partial charge in [-0.2, -0.15) is 0 Å². The molecule has 168 valence electrons.